The van der Waals surface area contributed by atoms with E-state index in [2.05, 4.69) is 33.1 Å². The maximum Gasteiger partial charge on any atom is 0.222 e. The van der Waals surface area contributed by atoms with Crippen LogP contribution in [0.5, 0.6) is 0 Å². The molecule has 1 atom stereocenters. The van der Waals surface area contributed by atoms with Gasteiger partial charge in [0.2, 0.25) is 5.91 Å². The molecule has 0 aliphatic carbocycles. The molecule has 88 valence electrons. The Morgan fingerprint density at radius 3 is 2.93 bits per heavy atom. The molecule has 4 nitrogen and oxygen atoms in total. The lowest BCUT2D eigenvalue weighted by Crippen LogP contribution is -2.41. The van der Waals surface area contributed by atoms with Crippen LogP contribution in [0.15, 0.2) is 11.1 Å². The van der Waals surface area contributed by atoms with E-state index in [9.17, 15) is 4.79 Å². The number of ether oxygens (including phenoxy) is 1. The molecule has 1 fully saturated rings. The molecule has 1 amide bonds. The summed E-state index contributed by atoms with van der Waals surface area (Å²) in [4.78, 5) is 11.3. The van der Waals surface area contributed by atoms with Crippen LogP contribution < -0.4 is 10.6 Å². The first-order chi connectivity index (χ1) is 6.68. The van der Waals surface area contributed by atoms with Gasteiger partial charge in [-0.1, -0.05) is 22.5 Å². The zero-order valence-corrected chi connectivity index (χ0v) is 10.8. The standard InChI is InChI=1S/C9H15BrN2O2.ClH/c1-7(10)5-12-9(13)4-8-6-11-2-3-14-8;/h8,11H,1-6H2,(H,12,13);1H. The van der Waals surface area contributed by atoms with Gasteiger partial charge in [-0.15, -0.1) is 12.4 Å². The van der Waals surface area contributed by atoms with Gasteiger partial charge in [-0.25, -0.2) is 0 Å². The van der Waals surface area contributed by atoms with Crippen molar-refractivity contribution >= 4 is 34.2 Å². The van der Waals surface area contributed by atoms with Gasteiger partial charge in [-0.05, 0) is 0 Å². The Kier molecular flexibility index (Phi) is 8.04. The van der Waals surface area contributed by atoms with Crippen molar-refractivity contribution in [1.82, 2.24) is 10.6 Å². The van der Waals surface area contributed by atoms with Crippen molar-refractivity contribution < 1.29 is 9.53 Å². The summed E-state index contributed by atoms with van der Waals surface area (Å²) in [6, 6.07) is 0. The summed E-state index contributed by atoms with van der Waals surface area (Å²) in [5.41, 5.74) is 0. The molecule has 0 aromatic rings. The van der Waals surface area contributed by atoms with Crippen molar-refractivity contribution in [2.45, 2.75) is 12.5 Å². The zero-order chi connectivity index (χ0) is 10.4. The number of nitrogens with one attached hydrogen (secondary N) is 2. The molecule has 0 bridgehead atoms. The Bertz CT molecular complexity index is 220. The van der Waals surface area contributed by atoms with Crippen molar-refractivity contribution in [3.8, 4) is 0 Å². The first-order valence-corrected chi connectivity index (χ1v) is 5.40. The number of rotatable bonds is 4. The summed E-state index contributed by atoms with van der Waals surface area (Å²) >= 11 is 3.18. The second-order valence-electron chi connectivity index (χ2n) is 3.20. The second-order valence-corrected chi connectivity index (χ2v) is 4.32. The lowest BCUT2D eigenvalue weighted by Gasteiger charge is -2.22. The Morgan fingerprint density at radius 2 is 2.40 bits per heavy atom. The third kappa shape index (κ3) is 6.89. The van der Waals surface area contributed by atoms with Gasteiger partial charge in [-0.3, -0.25) is 4.79 Å². The molecule has 1 saturated heterocycles. The fourth-order valence-corrected chi connectivity index (χ4v) is 1.36. The smallest absolute Gasteiger partial charge is 0.222 e. The van der Waals surface area contributed by atoms with E-state index in [0.717, 1.165) is 17.6 Å². The summed E-state index contributed by atoms with van der Waals surface area (Å²) in [6.45, 7) is 6.41. The van der Waals surface area contributed by atoms with Crippen LogP contribution in [0.4, 0.5) is 0 Å². The van der Waals surface area contributed by atoms with E-state index in [0.29, 0.717) is 19.6 Å². The Labute approximate surface area is 104 Å². The van der Waals surface area contributed by atoms with Crippen molar-refractivity contribution in [2.75, 3.05) is 26.2 Å². The number of amides is 1. The molecule has 1 aliphatic heterocycles. The van der Waals surface area contributed by atoms with Gasteiger partial charge in [0.25, 0.3) is 0 Å². The monoisotopic (exact) mass is 298 g/mol. The van der Waals surface area contributed by atoms with Crippen molar-refractivity contribution in [3.63, 3.8) is 0 Å². The highest BCUT2D eigenvalue weighted by Gasteiger charge is 2.16. The molecule has 0 spiro atoms. The molecule has 1 heterocycles. The molecule has 1 rings (SSSR count). The number of morpholine rings is 1. The highest BCUT2D eigenvalue weighted by Crippen LogP contribution is 2.02. The summed E-state index contributed by atoms with van der Waals surface area (Å²) in [5.74, 6) is -0.000648. The number of halogens is 2. The minimum atomic E-state index is -0.000648. The largest absolute Gasteiger partial charge is 0.375 e. The SMILES string of the molecule is C=C(Br)CNC(=O)CC1CNCCO1.Cl. The van der Waals surface area contributed by atoms with Gasteiger partial charge in [0.15, 0.2) is 0 Å². The van der Waals surface area contributed by atoms with Crippen molar-refractivity contribution in [3.05, 3.63) is 11.1 Å². The number of hydrogen-bond acceptors (Lipinski definition) is 3. The fraction of sp³-hybridized carbons (Fsp3) is 0.667. The lowest BCUT2D eigenvalue weighted by molar-refractivity contribution is -0.124. The van der Waals surface area contributed by atoms with Crippen LogP contribution in [-0.2, 0) is 9.53 Å². The van der Waals surface area contributed by atoms with Gasteiger partial charge in [-0.2, -0.15) is 0 Å². The normalized spacial score (nSPS) is 20.2. The molecule has 0 saturated carbocycles. The molecule has 0 aromatic carbocycles. The van der Waals surface area contributed by atoms with Crippen LogP contribution in [0.3, 0.4) is 0 Å². The van der Waals surface area contributed by atoms with Gasteiger partial charge >= 0.3 is 0 Å². The zero-order valence-electron chi connectivity index (χ0n) is 8.42. The third-order valence-electron chi connectivity index (χ3n) is 1.89. The number of carbonyl (C=O) groups is 1. The van der Waals surface area contributed by atoms with E-state index >= 15 is 0 Å². The average molecular weight is 300 g/mol. The summed E-state index contributed by atoms with van der Waals surface area (Å²) < 4.78 is 6.17. The number of carbonyl (C=O) groups excluding carboxylic acids is 1. The van der Waals surface area contributed by atoms with E-state index < -0.39 is 0 Å². The first-order valence-electron chi connectivity index (χ1n) is 4.61. The van der Waals surface area contributed by atoms with Crippen LogP contribution in [0.2, 0.25) is 0 Å². The van der Waals surface area contributed by atoms with Crippen LogP contribution in [-0.4, -0.2) is 38.3 Å². The summed E-state index contributed by atoms with van der Waals surface area (Å²) in [6.07, 6.45) is 0.417. The van der Waals surface area contributed by atoms with E-state index in [-0.39, 0.29) is 24.4 Å². The molecule has 2 N–H and O–H groups in total. The molecular formula is C9H16BrClN2O2. The highest BCUT2D eigenvalue weighted by atomic mass is 79.9. The maximum atomic E-state index is 11.3. The minimum absolute atomic E-state index is 0. The molecule has 0 radical (unpaired) electrons. The highest BCUT2D eigenvalue weighted by molar-refractivity contribution is 9.11. The van der Waals surface area contributed by atoms with Crippen molar-refractivity contribution in [2.24, 2.45) is 0 Å². The van der Waals surface area contributed by atoms with Crippen LogP contribution in [0.1, 0.15) is 6.42 Å². The summed E-state index contributed by atoms with van der Waals surface area (Å²) in [5, 5.41) is 5.91. The Balaban J connectivity index is 0.00000196. The quantitative estimate of drug-likeness (QED) is 0.808. The van der Waals surface area contributed by atoms with Gasteiger partial charge in [0.05, 0.1) is 19.1 Å². The van der Waals surface area contributed by atoms with E-state index in [1.807, 2.05) is 0 Å². The average Bonchev–Trinajstić information content (AvgIpc) is 2.16. The molecule has 1 aliphatic rings. The van der Waals surface area contributed by atoms with Crippen LogP contribution >= 0.6 is 28.3 Å². The van der Waals surface area contributed by atoms with Gasteiger partial charge in [0.1, 0.15) is 0 Å². The molecular weight excluding hydrogens is 283 g/mol. The lowest BCUT2D eigenvalue weighted by atomic mass is 10.2. The molecule has 15 heavy (non-hydrogen) atoms. The third-order valence-corrected chi connectivity index (χ3v) is 2.18. The van der Waals surface area contributed by atoms with Gasteiger partial charge in [0, 0.05) is 24.1 Å². The van der Waals surface area contributed by atoms with E-state index in [4.69, 9.17) is 4.74 Å². The van der Waals surface area contributed by atoms with Crippen LogP contribution in [0.25, 0.3) is 0 Å². The second kappa shape index (κ2) is 8.10. The Morgan fingerprint density at radius 1 is 1.67 bits per heavy atom. The fourth-order valence-electron chi connectivity index (χ4n) is 1.22. The number of hydrogen-bond donors (Lipinski definition) is 2. The van der Waals surface area contributed by atoms with Crippen molar-refractivity contribution in [1.29, 1.82) is 0 Å². The molecule has 0 aromatic heterocycles. The Hall–Kier alpha value is -0.100. The summed E-state index contributed by atoms with van der Waals surface area (Å²) in [7, 11) is 0. The first kappa shape index (κ1) is 14.9. The van der Waals surface area contributed by atoms with E-state index in [1.54, 1.807) is 0 Å². The molecule has 6 heteroatoms. The topological polar surface area (TPSA) is 50.4 Å². The van der Waals surface area contributed by atoms with Gasteiger partial charge < -0.3 is 15.4 Å². The van der Waals surface area contributed by atoms with E-state index in [1.165, 1.54) is 0 Å². The maximum absolute atomic E-state index is 11.3. The minimum Gasteiger partial charge on any atom is -0.375 e. The molecule has 1 unspecified atom stereocenters. The predicted octanol–water partition coefficient (Wildman–Crippen LogP) is 0.811. The predicted molar refractivity (Wildman–Crippen MR) is 65.6 cm³/mol. The van der Waals surface area contributed by atoms with Crippen LogP contribution in [0, 0.1) is 0 Å².